The van der Waals surface area contributed by atoms with Crippen molar-refractivity contribution in [3.05, 3.63) is 0 Å². The maximum Gasteiger partial charge on any atom is 0.0249 e. The molecule has 2 saturated heterocycles. The fourth-order valence-electron chi connectivity index (χ4n) is 4.35. The molecule has 2 aliphatic heterocycles. The van der Waals surface area contributed by atoms with Crippen molar-refractivity contribution in [2.45, 2.75) is 77.4 Å². The van der Waals surface area contributed by atoms with Gasteiger partial charge < -0.3 is 0 Å². The van der Waals surface area contributed by atoms with Crippen LogP contribution in [-0.2, 0) is 0 Å². The van der Waals surface area contributed by atoms with Crippen LogP contribution >= 0.6 is 0 Å². The summed E-state index contributed by atoms with van der Waals surface area (Å²) in [7, 11) is 0. The normalized spacial score (nSPS) is 34.7. The van der Waals surface area contributed by atoms with Crippen LogP contribution in [-0.4, -0.2) is 47.6 Å². The van der Waals surface area contributed by atoms with Gasteiger partial charge in [0.15, 0.2) is 0 Å². The highest BCUT2D eigenvalue weighted by molar-refractivity contribution is 4.96. The van der Waals surface area contributed by atoms with E-state index >= 15 is 0 Å². The Balaban J connectivity index is 1.70. The Morgan fingerprint density at radius 1 is 1.11 bits per heavy atom. The first-order valence-electron chi connectivity index (χ1n) is 8.68. The van der Waals surface area contributed by atoms with E-state index in [1.54, 1.807) is 0 Å². The van der Waals surface area contributed by atoms with Crippen LogP contribution in [0.25, 0.3) is 0 Å². The lowest BCUT2D eigenvalue weighted by atomic mass is 9.93. The number of rotatable bonds is 5. The molecule has 0 aromatic rings. The molecule has 2 nitrogen and oxygen atoms in total. The molecule has 0 aromatic heterocycles. The molecular formula is C17H32N2. The largest absolute Gasteiger partial charge is 0.298 e. The third-order valence-electron chi connectivity index (χ3n) is 5.78. The van der Waals surface area contributed by atoms with Gasteiger partial charge in [0, 0.05) is 31.2 Å². The average molecular weight is 264 g/mol. The zero-order valence-electron chi connectivity index (χ0n) is 13.1. The quantitative estimate of drug-likeness (QED) is 0.751. The van der Waals surface area contributed by atoms with Gasteiger partial charge in [0.05, 0.1) is 0 Å². The van der Waals surface area contributed by atoms with Crippen LogP contribution < -0.4 is 0 Å². The highest BCUT2D eigenvalue weighted by Crippen LogP contribution is 2.38. The topological polar surface area (TPSA) is 6.48 Å². The molecule has 110 valence electrons. The molecule has 19 heavy (non-hydrogen) atoms. The third-order valence-corrected chi connectivity index (χ3v) is 5.78. The Labute approximate surface area is 119 Å². The SMILES string of the molecule is CCC(CC1CC1)N1CC2CCCN2CC1C(C)C. The minimum absolute atomic E-state index is 0.801. The van der Waals surface area contributed by atoms with Crippen molar-refractivity contribution in [1.29, 1.82) is 0 Å². The summed E-state index contributed by atoms with van der Waals surface area (Å²) in [5, 5.41) is 0. The minimum atomic E-state index is 0.801. The van der Waals surface area contributed by atoms with Crippen LogP contribution in [0, 0.1) is 11.8 Å². The highest BCUT2D eigenvalue weighted by Gasteiger charge is 2.40. The zero-order valence-corrected chi connectivity index (χ0v) is 13.1. The predicted octanol–water partition coefficient (Wildman–Crippen LogP) is 3.37. The smallest absolute Gasteiger partial charge is 0.0249 e. The Morgan fingerprint density at radius 2 is 1.89 bits per heavy atom. The lowest BCUT2D eigenvalue weighted by Gasteiger charge is -2.49. The van der Waals surface area contributed by atoms with Gasteiger partial charge in [0.2, 0.25) is 0 Å². The molecule has 3 aliphatic rings. The molecule has 3 fully saturated rings. The first-order valence-corrected chi connectivity index (χ1v) is 8.68. The molecule has 2 heterocycles. The molecule has 2 heteroatoms. The van der Waals surface area contributed by atoms with E-state index in [-0.39, 0.29) is 0 Å². The second-order valence-corrected chi connectivity index (χ2v) is 7.54. The summed E-state index contributed by atoms with van der Waals surface area (Å²) in [5.74, 6) is 1.87. The Kier molecular flexibility index (Phi) is 4.19. The van der Waals surface area contributed by atoms with Crippen LogP contribution in [0.15, 0.2) is 0 Å². The zero-order chi connectivity index (χ0) is 13.4. The Bertz CT molecular complexity index is 298. The van der Waals surface area contributed by atoms with Crippen LogP contribution in [0.2, 0.25) is 0 Å². The summed E-state index contributed by atoms with van der Waals surface area (Å²) in [6.45, 7) is 11.3. The van der Waals surface area contributed by atoms with Crippen molar-refractivity contribution in [3.8, 4) is 0 Å². The van der Waals surface area contributed by atoms with Crippen LogP contribution in [0.5, 0.6) is 0 Å². The van der Waals surface area contributed by atoms with Crippen molar-refractivity contribution in [1.82, 2.24) is 9.80 Å². The lowest BCUT2D eigenvalue weighted by molar-refractivity contribution is -0.00486. The van der Waals surface area contributed by atoms with E-state index in [2.05, 4.69) is 30.6 Å². The van der Waals surface area contributed by atoms with E-state index in [0.29, 0.717) is 0 Å². The van der Waals surface area contributed by atoms with Gasteiger partial charge >= 0.3 is 0 Å². The maximum absolute atomic E-state index is 2.93. The van der Waals surface area contributed by atoms with E-state index < -0.39 is 0 Å². The van der Waals surface area contributed by atoms with Gasteiger partial charge in [-0.3, -0.25) is 9.80 Å². The molecule has 1 saturated carbocycles. The van der Waals surface area contributed by atoms with E-state index in [4.69, 9.17) is 0 Å². The number of nitrogens with zero attached hydrogens (tertiary/aromatic N) is 2. The predicted molar refractivity (Wildman–Crippen MR) is 81.3 cm³/mol. The van der Waals surface area contributed by atoms with Gasteiger partial charge in [-0.2, -0.15) is 0 Å². The van der Waals surface area contributed by atoms with Crippen LogP contribution in [0.3, 0.4) is 0 Å². The molecule has 3 rings (SSSR count). The Morgan fingerprint density at radius 3 is 2.53 bits per heavy atom. The second kappa shape index (κ2) is 5.73. The maximum atomic E-state index is 2.93. The van der Waals surface area contributed by atoms with E-state index in [1.165, 1.54) is 58.2 Å². The van der Waals surface area contributed by atoms with E-state index in [0.717, 1.165) is 30.0 Å². The van der Waals surface area contributed by atoms with Crippen LogP contribution in [0.1, 0.15) is 59.3 Å². The fraction of sp³-hybridized carbons (Fsp3) is 1.00. The first-order chi connectivity index (χ1) is 9.19. The van der Waals surface area contributed by atoms with Gasteiger partial charge in [-0.15, -0.1) is 0 Å². The van der Waals surface area contributed by atoms with Crippen molar-refractivity contribution < 1.29 is 0 Å². The van der Waals surface area contributed by atoms with E-state index in [9.17, 15) is 0 Å². The highest BCUT2D eigenvalue weighted by atomic mass is 15.3. The number of hydrogen-bond donors (Lipinski definition) is 0. The second-order valence-electron chi connectivity index (χ2n) is 7.54. The van der Waals surface area contributed by atoms with Gasteiger partial charge in [0.25, 0.3) is 0 Å². The van der Waals surface area contributed by atoms with Crippen molar-refractivity contribution in [2.24, 2.45) is 11.8 Å². The third kappa shape index (κ3) is 3.00. The molecular weight excluding hydrogens is 232 g/mol. The summed E-state index contributed by atoms with van der Waals surface area (Å²) in [4.78, 5) is 5.71. The molecule has 0 bridgehead atoms. The lowest BCUT2D eigenvalue weighted by Crippen LogP contribution is -2.60. The molecule has 0 spiro atoms. The minimum Gasteiger partial charge on any atom is -0.298 e. The molecule has 0 N–H and O–H groups in total. The van der Waals surface area contributed by atoms with Crippen molar-refractivity contribution in [3.63, 3.8) is 0 Å². The van der Waals surface area contributed by atoms with Gasteiger partial charge in [0.1, 0.15) is 0 Å². The standard InChI is InChI=1S/C17H32N2/c1-4-15(10-14-7-8-14)19-11-16-6-5-9-18(16)12-17(19)13(2)3/h13-17H,4-12H2,1-3H3. The van der Waals surface area contributed by atoms with Crippen molar-refractivity contribution in [2.75, 3.05) is 19.6 Å². The summed E-state index contributed by atoms with van der Waals surface area (Å²) < 4.78 is 0. The molecule has 0 amide bonds. The monoisotopic (exact) mass is 264 g/mol. The van der Waals surface area contributed by atoms with E-state index in [1.807, 2.05) is 0 Å². The van der Waals surface area contributed by atoms with Gasteiger partial charge in [-0.05, 0) is 44.1 Å². The first kappa shape index (κ1) is 13.9. The molecule has 1 aliphatic carbocycles. The number of hydrogen-bond acceptors (Lipinski definition) is 2. The average Bonchev–Trinajstić information content (AvgIpc) is 3.10. The van der Waals surface area contributed by atoms with Crippen molar-refractivity contribution >= 4 is 0 Å². The van der Waals surface area contributed by atoms with Gasteiger partial charge in [-0.1, -0.05) is 33.6 Å². The number of piperazine rings is 1. The fourth-order valence-corrected chi connectivity index (χ4v) is 4.35. The van der Waals surface area contributed by atoms with Gasteiger partial charge in [-0.25, -0.2) is 0 Å². The van der Waals surface area contributed by atoms with Crippen LogP contribution in [0.4, 0.5) is 0 Å². The molecule has 3 atom stereocenters. The molecule has 0 radical (unpaired) electrons. The summed E-state index contributed by atoms with van der Waals surface area (Å²) >= 11 is 0. The molecule has 3 unspecified atom stereocenters. The summed E-state index contributed by atoms with van der Waals surface area (Å²) in [6, 6.07) is 2.55. The summed E-state index contributed by atoms with van der Waals surface area (Å²) in [6.07, 6.45) is 8.72. The molecule has 0 aromatic carbocycles. The number of fused-ring (bicyclic) bond motifs is 1. The summed E-state index contributed by atoms with van der Waals surface area (Å²) in [5.41, 5.74) is 0. The Hall–Kier alpha value is -0.0800.